The summed E-state index contributed by atoms with van der Waals surface area (Å²) in [7, 11) is 0. The third-order valence-electron chi connectivity index (χ3n) is 3.45. The summed E-state index contributed by atoms with van der Waals surface area (Å²) in [6, 6.07) is 4.08. The largest absolute Gasteiger partial charge is 0.507 e. The first-order valence-corrected chi connectivity index (χ1v) is 8.56. The maximum absolute atomic E-state index is 11.2. The van der Waals surface area contributed by atoms with Gasteiger partial charge in [-0.3, -0.25) is 10.2 Å². The molecule has 0 atom stereocenters. The highest BCUT2D eigenvalue weighted by molar-refractivity contribution is 7.99. The average Bonchev–Trinajstić information content (AvgIpc) is 2.37. The minimum absolute atomic E-state index is 0.139. The Balaban J connectivity index is 3.16. The van der Waals surface area contributed by atoms with Crippen molar-refractivity contribution >= 4 is 17.7 Å². The van der Waals surface area contributed by atoms with Gasteiger partial charge in [-0.15, -0.1) is 11.8 Å². The molecule has 0 aromatic heterocycles. The Morgan fingerprint density at radius 1 is 1.14 bits per heavy atom. The topological polar surface area (TPSA) is 75.4 Å². The molecule has 0 fully saturated rings. The van der Waals surface area contributed by atoms with Gasteiger partial charge in [0.2, 0.25) is 5.91 Å². The average molecular weight is 324 g/mol. The number of aromatic hydroxyl groups is 1. The van der Waals surface area contributed by atoms with Crippen LogP contribution in [-0.4, -0.2) is 16.8 Å². The van der Waals surface area contributed by atoms with Crippen LogP contribution in [0, 0.1) is 0 Å². The molecule has 0 heterocycles. The van der Waals surface area contributed by atoms with E-state index in [9.17, 15) is 9.90 Å². The number of hydrogen-bond donors (Lipinski definition) is 3. The molecule has 1 rings (SSSR count). The fourth-order valence-electron chi connectivity index (χ4n) is 2.22. The van der Waals surface area contributed by atoms with Gasteiger partial charge < -0.3 is 5.11 Å². The highest BCUT2D eigenvalue weighted by Crippen LogP contribution is 2.40. The van der Waals surface area contributed by atoms with Crippen LogP contribution >= 0.6 is 11.8 Å². The summed E-state index contributed by atoms with van der Waals surface area (Å²) >= 11 is 1.51. The van der Waals surface area contributed by atoms with E-state index in [-0.39, 0.29) is 16.7 Å². The lowest BCUT2D eigenvalue weighted by Crippen LogP contribution is -2.31. The molecule has 0 radical (unpaired) electrons. The lowest BCUT2D eigenvalue weighted by atomic mass is 9.78. The van der Waals surface area contributed by atoms with Gasteiger partial charge in [-0.25, -0.2) is 5.84 Å². The summed E-state index contributed by atoms with van der Waals surface area (Å²) in [5.41, 5.74) is 4.85. The molecule has 124 valence electrons. The molecule has 4 N–H and O–H groups in total. The SMILES string of the molecule is CC(C)(C)c1cc(CSCC(=O)NN)cc(C(C)(C)C)c1O. The van der Waals surface area contributed by atoms with Gasteiger partial charge in [0.1, 0.15) is 5.75 Å². The van der Waals surface area contributed by atoms with Gasteiger partial charge in [-0.2, -0.15) is 0 Å². The second-order valence-electron chi connectivity index (χ2n) is 7.60. The summed E-state index contributed by atoms with van der Waals surface area (Å²) < 4.78 is 0. The number of phenols is 1. The molecule has 1 aromatic carbocycles. The van der Waals surface area contributed by atoms with Crippen molar-refractivity contribution in [1.29, 1.82) is 0 Å². The van der Waals surface area contributed by atoms with Crippen molar-refractivity contribution in [2.45, 2.75) is 58.1 Å². The van der Waals surface area contributed by atoms with E-state index in [1.807, 2.05) is 12.1 Å². The molecule has 0 aliphatic heterocycles. The molecule has 4 nitrogen and oxygen atoms in total. The van der Waals surface area contributed by atoms with E-state index < -0.39 is 0 Å². The number of nitrogens with two attached hydrogens (primary N) is 1. The molecule has 0 aliphatic rings. The summed E-state index contributed by atoms with van der Waals surface area (Å²) in [5.74, 6) is 6.32. The zero-order valence-corrected chi connectivity index (χ0v) is 15.2. The Kier molecular flexibility index (Phi) is 5.93. The maximum Gasteiger partial charge on any atom is 0.243 e. The van der Waals surface area contributed by atoms with Crippen LogP contribution in [0.2, 0.25) is 0 Å². The standard InChI is InChI=1S/C17H28N2O2S/c1-16(2,3)12-7-11(9-22-10-14(20)19-18)8-13(15(12)21)17(4,5)6/h7-8,21H,9-10,18H2,1-6H3,(H,19,20). The van der Waals surface area contributed by atoms with E-state index in [1.54, 1.807) is 0 Å². The van der Waals surface area contributed by atoms with Crippen LogP contribution < -0.4 is 11.3 Å². The lowest BCUT2D eigenvalue weighted by Gasteiger charge is -2.28. The normalized spacial score (nSPS) is 12.3. The van der Waals surface area contributed by atoms with Crippen molar-refractivity contribution in [3.8, 4) is 5.75 Å². The lowest BCUT2D eigenvalue weighted by molar-refractivity contribution is -0.118. The molecule has 0 unspecified atom stereocenters. The van der Waals surface area contributed by atoms with Crippen LogP contribution in [0.4, 0.5) is 0 Å². The van der Waals surface area contributed by atoms with E-state index in [4.69, 9.17) is 5.84 Å². The zero-order chi connectivity index (χ0) is 17.1. The van der Waals surface area contributed by atoms with Crippen molar-refractivity contribution < 1.29 is 9.90 Å². The van der Waals surface area contributed by atoms with Gasteiger partial charge >= 0.3 is 0 Å². The Morgan fingerprint density at radius 2 is 1.59 bits per heavy atom. The molecule has 1 amide bonds. The molecule has 0 saturated heterocycles. The van der Waals surface area contributed by atoms with Crippen LogP contribution in [0.5, 0.6) is 5.75 Å². The number of amides is 1. The van der Waals surface area contributed by atoms with E-state index in [0.717, 1.165) is 16.7 Å². The number of benzene rings is 1. The molecule has 0 bridgehead atoms. The number of thioether (sulfide) groups is 1. The highest BCUT2D eigenvalue weighted by Gasteiger charge is 2.26. The molecule has 5 heteroatoms. The minimum Gasteiger partial charge on any atom is -0.507 e. The van der Waals surface area contributed by atoms with Crippen LogP contribution in [0.1, 0.15) is 58.2 Å². The Hall–Kier alpha value is -1.20. The van der Waals surface area contributed by atoms with Gasteiger partial charge in [-0.1, -0.05) is 53.7 Å². The van der Waals surface area contributed by atoms with Crippen LogP contribution in [-0.2, 0) is 21.4 Å². The van der Waals surface area contributed by atoms with Crippen molar-refractivity contribution in [3.63, 3.8) is 0 Å². The number of phenolic OH excluding ortho intramolecular Hbond substituents is 1. The quantitative estimate of drug-likeness (QED) is 0.451. The third-order valence-corrected chi connectivity index (χ3v) is 4.45. The van der Waals surface area contributed by atoms with Crippen LogP contribution in [0.25, 0.3) is 0 Å². The van der Waals surface area contributed by atoms with Gasteiger partial charge in [0.15, 0.2) is 0 Å². The predicted octanol–water partition coefficient (Wildman–Crippen LogP) is 3.21. The van der Waals surface area contributed by atoms with E-state index in [0.29, 0.717) is 17.3 Å². The van der Waals surface area contributed by atoms with Crippen molar-refractivity contribution in [2.24, 2.45) is 5.84 Å². The van der Waals surface area contributed by atoms with Crippen molar-refractivity contribution in [1.82, 2.24) is 5.43 Å². The Morgan fingerprint density at radius 3 is 1.95 bits per heavy atom. The highest BCUT2D eigenvalue weighted by atomic mass is 32.2. The molecule has 0 aliphatic carbocycles. The molecular weight excluding hydrogens is 296 g/mol. The van der Waals surface area contributed by atoms with E-state index in [2.05, 4.69) is 47.0 Å². The monoisotopic (exact) mass is 324 g/mol. The number of rotatable bonds is 4. The number of carbonyl (C=O) groups is 1. The number of carbonyl (C=O) groups excluding carboxylic acids is 1. The third kappa shape index (κ3) is 4.92. The summed E-state index contributed by atoms with van der Waals surface area (Å²) in [6.45, 7) is 12.5. The van der Waals surface area contributed by atoms with Gasteiger partial charge in [-0.05, 0) is 27.5 Å². The van der Waals surface area contributed by atoms with Gasteiger partial charge in [0.05, 0.1) is 5.75 Å². The number of hydrogen-bond acceptors (Lipinski definition) is 4. The smallest absolute Gasteiger partial charge is 0.243 e. The molecule has 22 heavy (non-hydrogen) atoms. The summed E-state index contributed by atoms with van der Waals surface area (Å²) in [4.78, 5) is 11.2. The van der Waals surface area contributed by atoms with Crippen LogP contribution in [0.15, 0.2) is 12.1 Å². The van der Waals surface area contributed by atoms with Crippen molar-refractivity contribution in [2.75, 3.05) is 5.75 Å². The van der Waals surface area contributed by atoms with E-state index in [1.165, 1.54) is 11.8 Å². The van der Waals surface area contributed by atoms with Crippen LogP contribution in [0.3, 0.4) is 0 Å². The zero-order valence-electron chi connectivity index (χ0n) is 14.4. The fraction of sp³-hybridized carbons (Fsp3) is 0.588. The number of hydrazine groups is 1. The van der Waals surface area contributed by atoms with Gasteiger partial charge in [0, 0.05) is 5.75 Å². The molecule has 0 spiro atoms. The van der Waals surface area contributed by atoms with E-state index >= 15 is 0 Å². The molecule has 1 aromatic rings. The first-order chi connectivity index (χ1) is 9.96. The summed E-state index contributed by atoms with van der Waals surface area (Å²) in [6.07, 6.45) is 0. The van der Waals surface area contributed by atoms with Crippen molar-refractivity contribution in [3.05, 3.63) is 28.8 Å². The fourth-order valence-corrected chi connectivity index (χ4v) is 3.00. The van der Waals surface area contributed by atoms with Gasteiger partial charge in [0.25, 0.3) is 0 Å². The Labute approximate surface area is 137 Å². The maximum atomic E-state index is 11.2. The molecule has 0 saturated carbocycles. The predicted molar refractivity (Wildman–Crippen MR) is 94.0 cm³/mol. The first-order valence-electron chi connectivity index (χ1n) is 7.41. The Bertz CT molecular complexity index is 508. The first kappa shape index (κ1) is 18.8. The minimum atomic E-state index is -0.184. The molecular formula is C17H28N2O2S. The summed E-state index contributed by atoms with van der Waals surface area (Å²) in [5, 5.41) is 10.6. The number of nitrogens with one attached hydrogen (secondary N) is 1. The second-order valence-corrected chi connectivity index (χ2v) is 8.59. The second kappa shape index (κ2) is 6.92.